The van der Waals surface area contributed by atoms with Crippen LogP contribution >= 0.6 is 0 Å². The van der Waals surface area contributed by atoms with Crippen molar-refractivity contribution in [2.75, 3.05) is 25.5 Å². The SMILES string of the molecule is CCCC[C@H](NC(=O)[C@H](N)CCCCNC(=O)c1ccc(/N=N/c2ccc(N(C)C)cc2)cc1)C(N)=O. The summed E-state index contributed by atoms with van der Waals surface area (Å²) in [5, 5.41) is 14.0. The minimum absolute atomic E-state index is 0.190. The molecule has 0 aliphatic rings. The number of hydrogen-bond acceptors (Lipinski definition) is 7. The molecule has 0 saturated carbocycles. The second kappa shape index (κ2) is 15.4. The Morgan fingerprint density at radius 3 is 2.03 bits per heavy atom. The van der Waals surface area contributed by atoms with Crippen molar-refractivity contribution in [3.8, 4) is 0 Å². The summed E-state index contributed by atoms with van der Waals surface area (Å²) in [6.07, 6.45) is 3.96. The second-order valence-electron chi connectivity index (χ2n) is 9.12. The quantitative estimate of drug-likeness (QED) is 0.213. The van der Waals surface area contributed by atoms with Gasteiger partial charge in [0, 0.05) is 31.9 Å². The molecule has 0 fully saturated rings. The van der Waals surface area contributed by atoms with Gasteiger partial charge in [0.2, 0.25) is 11.8 Å². The van der Waals surface area contributed by atoms with E-state index < -0.39 is 18.0 Å². The van der Waals surface area contributed by atoms with Gasteiger partial charge in [-0.15, -0.1) is 0 Å². The van der Waals surface area contributed by atoms with Crippen LogP contribution in [-0.2, 0) is 9.59 Å². The number of nitrogens with two attached hydrogens (primary N) is 2. The first-order chi connectivity index (χ1) is 17.7. The molecule has 0 spiro atoms. The van der Waals surface area contributed by atoms with Gasteiger partial charge in [0.15, 0.2) is 0 Å². The van der Waals surface area contributed by atoms with Gasteiger partial charge in [-0.3, -0.25) is 14.4 Å². The maximum Gasteiger partial charge on any atom is 0.251 e. The van der Waals surface area contributed by atoms with Gasteiger partial charge in [-0.2, -0.15) is 10.2 Å². The third-order valence-electron chi connectivity index (χ3n) is 5.85. The summed E-state index contributed by atoms with van der Waals surface area (Å²) in [5.74, 6) is -1.13. The van der Waals surface area contributed by atoms with Crippen LogP contribution in [0.3, 0.4) is 0 Å². The Balaban J connectivity index is 1.71. The molecule has 0 radical (unpaired) electrons. The number of anilines is 1. The van der Waals surface area contributed by atoms with Crippen molar-refractivity contribution in [2.24, 2.45) is 21.7 Å². The normalized spacial score (nSPS) is 12.6. The van der Waals surface area contributed by atoms with Crippen LogP contribution in [0.1, 0.15) is 55.8 Å². The highest BCUT2D eigenvalue weighted by molar-refractivity contribution is 5.94. The summed E-state index contributed by atoms with van der Waals surface area (Å²) >= 11 is 0. The van der Waals surface area contributed by atoms with Crippen molar-refractivity contribution in [2.45, 2.75) is 57.5 Å². The summed E-state index contributed by atoms with van der Waals surface area (Å²) in [5.41, 5.74) is 14.3. The third kappa shape index (κ3) is 10.4. The van der Waals surface area contributed by atoms with Crippen molar-refractivity contribution in [1.29, 1.82) is 0 Å². The van der Waals surface area contributed by atoms with E-state index in [9.17, 15) is 14.4 Å². The van der Waals surface area contributed by atoms with E-state index in [1.165, 1.54) is 0 Å². The van der Waals surface area contributed by atoms with E-state index in [1.54, 1.807) is 24.3 Å². The lowest BCUT2D eigenvalue weighted by molar-refractivity contribution is -0.128. The van der Waals surface area contributed by atoms with Crippen LogP contribution in [0.5, 0.6) is 0 Å². The largest absolute Gasteiger partial charge is 0.378 e. The molecule has 37 heavy (non-hydrogen) atoms. The van der Waals surface area contributed by atoms with Crippen LogP contribution in [0.4, 0.5) is 17.1 Å². The van der Waals surface area contributed by atoms with E-state index >= 15 is 0 Å². The highest BCUT2D eigenvalue weighted by Crippen LogP contribution is 2.21. The van der Waals surface area contributed by atoms with Gasteiger partial charge in [-0.25, -0.2) is 0 Å². The van der Waals surface area contributed by atoms with Gasteiger partial charge in [-0.1, -0.05) is 19.8 Å². The Morgan fingerprint density at radius 1 is 0.892 bits per heavy atom. The average Bonchev–Trinajstić information content (AvgIpc) is 2.89. The molecule has 0 aromatic heterocycles. The smallest absolute Gasteiger partial charge is 0.251 e. The van der Waals surface area contributed by atoms with Crippen LogP contribution in [0.15, 0.2) is 58.8 Å². The molecule has 0 saturated heterocycles. The monoisotopic (exact) mass is 509 g/mol. The second-order valence-corrected chi connectivity index (χ2v) is 9.12. The Hall–Kier alpha value is -3.79. The predicted octanol–water partition coefficient (Wildman–Crippen LogP) is 3.56. The molecule has 2 atom stereocenters. The molecule has 3 amide bonds. The molecule has 0 aliphatic heterocycles. The van der Waals surface area contributed by atoms with Gasteiger partial charge in [0.05, 0.1) is 17.4 Å². The Bertz CT molecular complexity index is 1040. The summed E-state index contributed by atoms with van der Waals surface area (Å²) in [4.78, 5) is 38.1. The van der Waals surface area contributed by atoms with E-state index in [0.29, 0.717) is 43.5 Å². The lowest BCUT2D eigenvalue weighted by Crippen LogP contribution is -2.50. The Morgan fingerprint density at radius 2 is 1.49 bits per heavy atom. The molecule has 6 N–H and O–H groups in total. The van der Waals surface area contributed by atoms with Gasteiger partial charge in [0.25, 0.3) is 5.91 Å². The van der Waals surface area contributed by atoms with Crippen LogP contribution in [0, 0.1) is 0 Å². The summed E-state index contributed by atoms with van der Waals surface area (Å²) < 4.78 is 0. The maximum absolute atomic E-state index is 12.4. The minimum atomic E-state index is -0.730. The number of rotatable bonds is 15. The first kappa shape index (κ1) is 29.4. The number of benzene rings is 2. The molecule has 0 bridgehead atoms. The summed E-state index contributed by atoms with van der Waals surface area (Å²) in [6, 6.07) is 13.2. The number of primary amides is 1. The van der Waals surface area contributed by atoms with E-state index in [2.05, 4.69) is 20.9 Å². The van der Waals surface area contributed by atoms with Crippen molar-refractivity contribution < 1.29 is 14.4 Å². The number of amides is 3. The molecule has 200 valence electrons. The van der Waals surface area contributed by atoms with E-state index in [1.807, 2.05) is 50.2 Å². The molecular formula is C27H39N7O3. The molecular weight excluding hydrogens is 470 g/mol. The van der Waals surface area contributed by atoms with Crippen molar-refractivity contribution in [3.05, 3.63) is 54.1 Å². The van der Waals surface area contributed by atoms with Gasteiger partial charge in [-0.05, 0) is 74.2 Å². The highest BCUT2D eigenvalue weighted by atomic mass is 16.2. The number of azo groups is 1. The van der Waals surface area contributed by atoms with Gasteiger partial charge in [0.1, 0.15) is 6.04 Å². The molecule has 2 aromatic carbocycles. The number of unbranched alkanes of at least 4 members (excludes halogenated alkanes) is 2. The van der Waals surface area contributed by atoms with Gasteiger partial charge >= 0.3 is 0 Å². The summed E-state index contributed by atoms with van der Waals surface area (Å²) in [6.45, 7) is 2.46. The average molecular weight is 510 g/mol. The fraction of sp³-hybridized carbons (Fsp3) is 0.444. The number of nitrogens with one attached hydrogen (secondary N) is 2. The van der Waals surface area contributed by atoms with Crippen LogP contribution < -0.4 is 27.0 Å². The molecule has 0 heterocycles. The molecule has 0 unspecified atom stereocenters. The fourth-order valence-corrected chi connectivity index (χ4v) is 3.51. The van der Waals surface area contributed by atoms with Crippen molar-refractivity contribution in [3.63, 3.8) is 0 Å². The lowest BCUT2D eigenvalue weighted by atomic mass is 10.1. The first-order valence-corrected chi connectivity index (χ1v) is 12.6. The molecule has 2 rings (SSSR count). The third-order valence-corrected chi connectivity index (χ3v) is 5.85. The Labute approximate surface area is 218 Å². The zero-order valence-electron chi connectivity index (χ0n) is 21.9. The van der Waals surface area contributed by atoms with Crippen LogP contribution in [-0.4, -0.2) is 50.4 Å². The fourth-order valence-electron chi connectivity index (χ4n) is 3.51. The van der Waals surface area contributed by atoms with E-state index in [4.69, 9.17) is 11.5 Å². The van der Waals surface area contributed by atoms with Crippen LogP contribution in [0.25, 0.3) is 0 Å². The van der Waals surface area contributed by atoms with E-state index in [-0.39, 0.29) is 11.8 Å². The molecule has 10 nitrogen and oxygen atoms in total. The number of hydrogen-bond donors (Lipinski definition) is 4. The molecule has 0 aliphatic carbocycles. The number of carbonyl (C=O) groups excluding carboxylic acids is 3. The molecule has 2 aromatic rings. The summed E-state index contributed by atoms with van der Waals surface area (Å²) in [7, 11) is 3.95. The van der Waals surface area contributed by atoms with Gasteiger partial charge < -0.3 is 27.0 Å². The van der Waals surface area contributed by atoms with Crippen molar-refractivity contribution >= 4 is 34.8 Å². The van der Waals surface area contributed by atoms with Crippen molar-refractivity contribution in [1.82, 2.24) is 10.6 Å². The first-order valence-electron chi connectivity index (χ1n) is 12.6. The number of nitrogens with zero attached hydrogens (tertiary/aromatic N) is 3. The lowest BCUT2D eigenvalue weighted by Gasteiger charge is -2.18. The topological polar surface area (TPSA) is 155 Å². The number of carbonyl (C=O) groups is 3. The highest BCUT2D eigenvalue weighted by Gasteiger charge is 2.21. The zero-order valence-corrected chi connectivity index (χ0v) is 21.9. The molecule has 10 heteroatoms. The minimum Gasteiger partial charge on any atom is -0.378 e. The zero-order chi connectivity index (χ0) is 27.2. The van der Waals surface area contributed by atoms with Crippen LogP contribution in [0.2, 0.25) is 0 Å². The maximum atomic E-state index is 12.4. The predicted molar refractivity (Wildman–Crippen MR) is 146 cm³/mol. The van der Waals surface area contributed by atoms with E-state index in [0.717, 1.165) is 24.2 Å². The Kier molecular flexibility index (Phi) is 12.2. The standard InChI is InChI=1S/C27H39N7O3/c1-4-5-9-24(25(29)35)31-27(37)23(28)8-6-7-18-30-26(36)19-10-12-20(13-11-19)32-33-21-14-16-22(17-15-21)34(2)3/h10-17,23-24H,4-9,18,28H2,1-3H3,(H2,29,35)(H,30,36)(H,31,37)/b33-32+/t23-,24+/m1/s1.